The molecule has 0 radical (unpaired) electrons. The number of hydrogen-bond donors (Lipinski definition) is 1. The molecule has 190 valence electrons. The van der Waals surface area contributed by atoms with Crippen LogP contribution >= 0.6 is 11.6 Å². The Hall–Kier alpha value is -3.58. The molecule has 3 atom stereocenters. The van der Waals surface area contributed by atoms with Crippen LogP contribution in [0.25, 0.3) is 11.5 Å². The van der Waals surface area contributed by atoms with E-state index in [4.69, 9.17) is 16.3 Å². The summed E-state index contributed by atoms with van der Waals surface area (Å²) in [6, 6.07) is 4.86. The van der Waals surface area contributed by atoms with Crippen molar-refractivity contribution in [2.45, 2.75) is 38.0 Å². The normalized spacial score (nSPS) is 14.3. The third-order valence-corrected chi connectivity index (χ3v) is 7.98. The molecule has 0 saturated carbocycles. The fraction of sp³-hybridized carbons (Fsp3) is 0.364. The molecule has 1 N–H and O–H groups in total. The van der Waals surface area contributed by atoms with Crippen molar-refractivity contribution in [2.75, 3.05) is 11.8 Å². The molecule has 4 heterocycles. The summed E-state index contributed by atoms with van der Waals surface area (Å²) in [4.78, 5) is 12.8. The minimum absolute atomic E-state index is 0.0436. The van der Waals surface area contributed by atoms with Gasteiger partial charge in [0.15, 0.2) is 5.82 Å². The summed E-state index contributed by atoms with van der Waals surface area (Å²) < 4.78 is 38.0. The molecule has 0 aromatic carbocycles. The number of nitrogens with zero attached hydrogens (tertiary/aromatic N) is 8. The van der Waals surface area contributed by atoms with Crippen LogP contribution in [-0.4, -0.2) is 60.3 Å². The maximum absolute atomic E-state index is 13.4. The van der Waals surface area contributed by atoms with E-state index in [1.165, 1.54) is 19.5 Å². The Morgan fingerprint density at radius 1 is 1.08 bits per heavy atom. The second-order valence-electron chi connectivity index (χ2n) is 8.31. The summed E-state index contributed by atoms with van der Waals surface area (Å²) in [7, 11) is -0.618. The highest BCUT2D eigenvalue weighted by Gasteiger charge is 2.32. The summed E-state index contributed by atoms with van der Waals surface area (Å²) >= 11 is 5.87. The van der Waals surface area contributed by atoms with E-state index >= 15 is 0 Å². The zero-order chi connectivity index (χ0) is 26.0. The fourth-order valence-corrected chi connectivity index (χ4v) is 4.95. The van der Waals surface area contributed by atoms with Crippen molar-refractivity contribution >= 4 is 27.6 Å². The number of hydrogen-bond acceptors (Lipinski definition) is 9. The Morgan fingerprint density at radius 2 is 1.81 bits per heavy atom. The van der Waals surface area contributed by atoms with Gasteiger partial charge in [-0.25, -0.2) is 23.4 Å². The molecule has 14 heteroatoms. The van der Waals surface area contributed by atoms with Crippen LogP contribution in [-0.2, 0) is 17.1 Å². The number of aryl methyl sites for hydroxylation is 1. The number of rotatable bonds is 9. The second-order valence-corrected chi connectivity index (χ2v) is 10.8. The van der Waals surface area contributed by atoms with Crippen molar-refractivity contribution in [3.05, 3.63) is 59.4 Å². The van der Waals surface area contributed by atoms with E-state index in [0.29, 0.717) is 28.2 Å². The first-order valence-electron chi connectivity index (χ1n) is 11.0. The Kier molecular flexibility index (Phi) is 7.22. The number of ether oxygens (including phenoxy) is 1. The molecular weight excluding hydrogens is 506 g/mol. The van der Waals surface area contributed by atoms with Crippen LogP contribution in [0.3, 0.4) is 0 Å². The van der Waals surface area contributed by atoms with Crippen molar-refractivity contribution in [3.8, 4) is 17.4 Å². The average molecular weight is 532 g/mol. The zero-order valence-corrected chi connectivity index (χ0v) is 21.9. The van der Waals surface area contributed by atoms with E-state index in [2.05, 4.69) is 35.0 Å². The number of anilines is 1. The van der Waals surface area contributed by atoms with Gasteiger partial charge >= 0.3 is 0 Å². The largest absolute Gasteiger partial charge is 0.481 e. The van der Waals surface area contributed by atoms with Gasteiger partial charge in [-0.2, -0.15) is 5.10 Å². The van der Waals surface area contributed by atoms with Crippen molar-refractivity contribution in [3.63, 3.8) is 0 Å². The van der Waals surface area contributed by atoms with E-state index in [-0.39, 0.29) is 12.0 Å². The van der Waals surface area contributed by atoms with Gasteiger partial charge in [0.05, 0.1) is 29.6 Å². The quantitative estimate of drug-likeness (QED) is 0.344. The molecule has 12 nitrogen and oxygen atoms in total. The van der Waals surface area contributed by atoms with Crippen LogP contribution in [0, 0.1) is 0 Å². The standard InChI is InChI=1S/C22H26ClN9O3S/c1-13(20-24-10-17(23)11-25-20)15(3)36(33,34)30-22-29-28-21(18-7-6-8-19(27-18)35-5)32(22)14(2)16-9-26-31(4)12-16/h6-15H,1-5H3,(H,29,30)/t13-,14-,15-/m0/s1. The molecule has 36 heavy (non-hydrogen) atoms. The fourth-order valence-electron chi connectivity index (χ4n) is 3.62. The highest BCUT2D eigenvalue weighted by Crippen LogP contribution is 2.30. The van der Waals surface area contributed by atoms with Crippen molar-refractivity contribution in [1.82, 2.24) is 39.5 Å². The predicted molar refractivity (Wildman–Crippen MR) is 134 cm³/mol. The summed E-state index contributed by atoms with van der Waals surface area (Å²) in [6.45, 7) is 5.22. The lowest BCUT2D eigenvalue weighted by Gasteiger charge is -2.22. The Morgan fingerprint density at radius 3 is 2.44 bits per heavy atom. The minimum atomic E-state index is -3.94. The molecular formula is C22H26ClN9O3S. The van der Waals surface area contributed by atoms with E-state index in [0.717, 1.165) is 5.56 Å². The number of sulfonamides is 1. The third-order valence-electron chi connectivity index (χ3n) is 5.93. The van der Waals surface area contributed by atoms with Gasteiger partial charge in [0.1, 0.15) is 11.5 Å². The molecule has 0 aliphatic rings. The molecule has 4 aromatic heterocycles. The van der Waals surface area contributed by atoms with E-state index in [1.54, 1.807) is 54.5 Å². The molecule has 0 aliphatic carbocycles. The Labute approximate surface area is 213 Å². The molecule has 0 unspecified atom stereocenters. The van der Waals surface area contributed by atoms with Gasteiger partial charge in [-0.05, 0) is 19.9 Å². The van der Waals surface area contributed by atoms with Crippen LogP contribution in [0.4, 0.5) is 5.95 Å². The number of pyridine rings is 1. The molecule has 0 amide bonds. The maximum atomic E-state index is 13.4. The molecule has 4 aromatic rings. The van der Waals surface area contributed by atoms with Gasteiger partial charge in [-0.1, -0.05) is 24.6 Å². The first-order chi connectivity index (χ1) is 17.1. The first-order valence-corrected chi connectivity index (χ1v) is 13.0. The Balaban J connectivity index is 1.73. The number of methoxy groups -OCH3 is 1. The van der Waals surface area contributed by atoms with E-state index < -0.39 is 21.2 Å². The molecule has 0 saturated heterocycles. The summed E-state index contributed by atoms with van der Waals surface area (Å²) in [5.74, 6) is 0.644. The summed E-state index contributed by atoms with van der Waals surface area (Å²) in [6.07, 6.45) is 6.42. The van der Waals surface area contributed by atoms with Gasteiger partial charge in [0, 0.05) is 43.2 Å². The highest BCUT2D eigenvalue weighted by atomic mass is 35.5. The molecule has 0 spiro atoms. The summed E-state index contributed by atoms with van der Waals surface area (Å²) in [5, 5.41) is 12.2. The van der Waals surface area contributed by atoms with Crippen molar-refractivity contribution < 1.29 is 13.2 Å². The minimum Gasteiger partial charge on any atom is -0.481 e. The lowest BCUT2D eigenvalue weighted by molar-refractivity contribution is 0.398. The van der Waals surface area contributed by atoms with Crippen LogP contribution in [0.2, 0.25) is 5.02 Å². The first kappa shape index (κ1) is 25.5. The smallest absolute Gasteiger partial charge is 0.239 e. The molecule has 0 fully saturated rings. The lowest BCUT2D eigenvalue weighted by Crippen LogP contribution is -2.32. The van der Waals surface area contributed by atoms with Crippen molar-refractivity contribution in [2.24, 2.45) is 7.05 Å². The molecule has 0 aliphatic heterocycles. The summed E-state index contributed by atoms with van der Waals surface area (Å²) in [5.41, 5.74) is 1.30. The molecule has 0 bridgehead atoms. The van der Waals surface area contributed by atoms with Crippen LogP contribution in [0.5, 0.6) is 5.88 Å². The topological polar surface area (TPSA) is 143 Å². The van der Waals surface area contributed by atoms with Gasteiger partial charge in [-0.3, -0.25) is 14.0 Å². The second kappa shape index (κ2) is 10.2. The molecule has 4 rings (SSSR count). The van der Waals surface area contributed by atoms with Crippen LogP contribution in [0.15, 0.2) is 43.0 Å². The van der Waals surface area contributed by atoms with Gasteiger partial charge in [0.2, 0.25) is 21.9 Å². The van der Waals surface area contributed by atoms with Crippen molar-refractivity contribution in [1.29, 1.82) is 0 Å². The highest BCUT2D eigenvalue weighted by molar-refractivity contribution is 7.93. The van der Waals surface area contributed by atoms with E-state index in [1.807, 2.05) is 13.1 Å². The lowest BCUT2D eigenvalue weighted by atomic mass is 10.1. The average Bonchev–Trinajstić information content (AvgIpc) is 3.49. The van der Waals surface area contributed by atoms with Crippen LogP contribution in [0.1, 0.15) is 44.1 Å². The third kappa shape index (κ3) is 5.16. The van der Waals surface area contributed by atoms with Gasteiger partial charge in [-0.15, -0.1) is 10.2 Å². The predicted octanol–water partition coefficient (Wildman–Crippen LogP) is 3.07. The number of halogens is 1. The SMILES string of the molecule is COc1cccc(-c2nnc(NS(=O)(=O)[C@@H](C)[C@H](C)c3ncc(Cl)cn3)n2[C@@H](C)c2cnn(C)c2)n1. The van der Waals surface area contributed by atoms with Crippen LogP contribution < -0.4 is 9.46 Å². The van der Waals surface area contributed by atoms with Gasteiger partial charge in [0.25, 0.3) is 0 Å². The number of nitrogens with one attached hydrogen (secondary N) is 1. The van der Waals surface area contributed by atoms with Gasteiger partial charge < -0.3 is 4.74 Å². The maximum Gasteiger partial charge on any atom is 0.239 e. The van der Waals surface area contributed by atoms with E-state index in [9.17, 15) is 8.42 Å². The Bertz CT molecular complexity index is 1450. The number of aromatic nitrogens is 8. The zero-order valence-electron chi connectivity index (χ0n) is 20.4. The monoisotopic (exact) mass is 531 g/mol.